The van der Waals surface area contributed by atoms with E-state index in [1.165, 1.54) is 62.5 Å². The molecule has 0 bridgehead atoms. The number of ether oxygens (including phenoxy) is 2. The lowest BCUT2D eigenvalue weighted by Crippen LogP contribution is -2.50. The molecule has 2 heterocycles. The Morgan fingerprint density at radius 3 is 2.57 bits per heavy atom. The lowest BCUT2D eigenvalue weighted by molar-refractivity contribution is -0.214. The number of aliphatic hydroxyl groups excluding tert-OH is 3. The smallest absolute Gasteiger partial charge is 0.180 e. The predicted molar refractivity (Wildman–Crippen MR) is 169 cm³/mol. The second kappa shape index (κ2) is 12.7. The summed E-state index contributed by atoms with van der Waals surface area (Å²) in [6.45, 7) is 15.3. The third-order valence-corrected chi connectivity index (χ3v) is 13.7. The SMILES string of the molecule is CC(C)[C@@H](C)CC[C@@H](C)[C@H]1CCC2=C3CC[C@H]4C[C@@H](OCc5cn([C@@H]6OC[C@@H](O)[C@H](O)[C@H]6O)nn5)CC[C@]4(C)[C@H]3CC[C@@]21C. The molecule has 0 radical (unpaired) electrons. The van der Waals surface area contributed by atoms with Gasteiger partial charge >= 0.3 is 0 Å². The molecule has 1 aliphatic heterocycles. The number of fused-ring (bicyclic) bond motifs is 4. The van der Waals surface area contributed by atoms with Crippen LogP contribution in [0.15, 0.2) is 17.3 Å². The summed E-state index contributed by atoms with van der Waals surface area (Å²) in [7, 11) is 0. The lowest BCUT2D eigenvalue weighted by Gasteiger charge is -2.57. The number of hydrogen-bond donors (Lipinski definition) is 3. The monoisotopic (exact) mass is 613 g/mol. The van der Waals surface area contributed by atoms with Gasteiger partial charge in [0.15, 0.2) is 6.23 Å². The first-order valence-corrected chi connectivity index (χ1v) is 17.8. The molecule has 1 aromatic rings. The highest BCUT2D eigenvalue weighted by molar-refractivity contribution is 5.34. The van der Waals surface area contributed by atoms with Gasteiger partial charge in [-0.3, -0.25) is 0 Å². The molecule has 1 saturated heterocycles. The van der Waals surface area contributed by atoms with Crippen LogP contribution in [0.4, 0.5) is 0 Å². The Morgan fingerprint density at radius 2 is 1.80 bits per heavy atom. The largest absolute Gasteiger partial charge is 0.388 e. The summed E-state index contributed by atoms with van der Waals surface area (Å²) in [6, 6.07) is 0. The Morgan fingerprint density at radius 1 is 1.00 bits per heavy atom. The summed E-state index contributed by atoms with van der Waals surface area (Å²) in [6.07, 6.45) is 11.6. The highest BCUT2D eigenvalue weighted by atomic mass is 16.5. The van der Waals surface area contributed by atoms with Crippen molar-refractivity contribution in [3.63, 3.8) is 0 Å². The number of allylic oxidation sites excluding steroid dienone is 2. The van der Waals surface area contributed by atoms with Crippen molar-refractivity contribution in [2.45, 2.75) is 149 Å². The zero-order valence-electron chi connectivity index (χ0n) is 28.1. The number of nitrogens with zero attached hydrogens (tertiary/aromatic N) is 3. The molecule has 0 unspecified atom stereocenters. The third kappa shape index (κ3) is 5.85. The minimum Gasteiger partial charge on any atom is -0.388 e. The summed E-state index contributed by atoms with van der Waals surface area (Å²) < 4.78 is 13.4. The Bertz CT molecular complexity index is 1180. The van der Waals surface area contributed by atoms with Gasteiger partial charge in [-0.2, -0.15) is 0 Å². The molecule has 3 saturated carbocycles. The highest BCUT2D eigenvalue weighted by Gasteiger charge is 2.55. The quantitative estimate of drug-likeness (QED) is 0.284. The van der Waals surface area contributed by atoms with Crippen molar-refractivity contribution in [3.8, 4) is 0 Å². The Labute approximate surface area is 265 Å². The number of aromatic nitrogens is 3. The maximum absolute atomic E-state index is 10.3. The first kappa shape index (κ1) is 32.6. The number of hydrogen-bond acceptors (Lipinski definition) is 7. The van der Waals surface area contributed by atoms with Gasteiger partial charge in [0, 0.05) is 0 Å². The molecule has 248 valence electrons. The predicted octanol–water partition coefficient (Wildman–Crippen LogP) is 6.21. The van der Waals surface area contributed by atoms with E-state index >= 15 is 0 Å². The molecule has 3 N–H and O–H groups in total. The van der Waals surface area contributed by atoms with E-state index in [1.54, 1.807) is 6.20 Å². The van der Waals surface area contributed by atoms with E-state index < -0.39 is 24.5 Å². The summed E-state index contributed by atoms with van der Waals surface area (Å²) >= 11 is 0. The summed E-state index contributed by atoms with van der Waals surface area (Å²) in [4.78, 5) is 0. The molecular weight excluding hydrogens is 554 g/mol. The van der Waals surface area contributed by atoms with Crippen molar-refractivity contribution < 1.29 is 24.8 Å². The molecule has 5 aliphatic rings. The van der Waals surface area contributed by atoms with Crippen molar-refractivity contribution in [3.05, 3.63) is 23.0 Å². The highest BCUT2D eigenvalue weighted by Crippen LogP contribution is 2.66. The molecular formula is C36H59N3O5. The second-order valence-corrected chi connectivity index (χ2v) is 16.3. The zero-order chi connectivity index (χ0) is 31.4. The third-order valence-electron chi connectivity index (χ3n) is 13.7. The van der Waals surface area contributed by atoms with E-state index in [9.17, 15) is 15.3 Å². The normalized spacial score (nSPS) is 42.1. The van der Waals surface area contributed by atoms with Gasteiger partial charge in [-0.25, -0.2) is 4.68 Å². The molecule has 44 heavy (non-hydrogen) atoms. The van der Waals surface area contributed by atoms with Crippen LogP contribution in [0.25, 0.3) is 0 Å². The molecule has 4 fully saturated rings. The number of aliphatic hydroxyl groups is 3. The van der Waals surface area contributed by atoms with Crippen LogP contribution >= 0.6 is 0 Å². The fraction of sp³-hybridized carbons (Fsp3) is 0.889. The lowest BCUT2D eigenvalue weighted by atomic mass is 9.48. The minimum absolute atomic E-state index is 0.0626. The van der Waals surface area contributed by atoms with Crippen LogP contribution in [0.2, 0.25) is 0 Å². The van der Waals surface area contributed by atoms with Gasteiger partial charge in [-0.15, -0.1) is 5.10 Å². The molecule has 4 aliphatic carbocycles. The topological polar surface area (TPSA) is 110 Å². The van der Waals surface area contributed by atoms with Crippen LogP contribution < -0.4 is 0 Å². The molecule has 12 atom stereocenters. The molecule has 0 aromatic carbocycles. The van der Waals surface area contributed by atoms with Crippen molar-refractivity contribution in [1.29, 1.82) is 0 Å². The van der Waals surface area contributed by atoms with Crippen LogP contribution in [0.5, 0.6) is 0 Å². The molecule has 8 heteroatoms. The molecule has 6 rings (SSSR count). The minimum atomic E-state index is -1.28. The Hall–Kier alpha value is -1.32. The first-order valence-electron chi connectivity index (χ1n) is 17.8. The van der Waals surface area contributed by atoms with Crippen molar-refractivity contribution in [2.24, 2.45) is 46.3 Å². The zero-order valence-corrected chi connectivity index (χ0v) is 28.1. The Balaban J connectivity index is 1.06. The van der Waals surface area contributed by atoms with E-state index in [2.05, 4.69) is 51.9 Å². The van der Waals surface area contributed by atoms with E-state index in [0.717, 1.165) is 42.4 Å². The summed E-state index contributed by atoms with van der Waals surface area (Å²) in [5.74, 6) is 4.71. The standard InChI is InChI=1S/C36H59N3O5/c1-21(2)22(3)7-8-23(4)28-11-12-29-27-10-9-24-17-26(13-15-35(24,5)30(27)14-16-36(28,29)6)43-19-25-18-39(38-37-25)34-33(42)32(41)31(40)20-44-34/h18,21-24,26,28,30-34,40-42H,7-17,19-20H2,1-6H3/t22-,23+,24-,26-,28+,30-,31+,32-,33+,34+,35-,36+/m0/s1. The van der Waals surface area contributed by atoms with E-state index in [-0.39, 0.29) is 12.7 Å². The maximum atomic E-state index is 10.3. The van der Waals surface area contributed by atoms with Gasteiger partial charge in [-0.05, 0) is 104 Å². The maximum Gasteiger partial charge on any atom is 0.180 e. The first-order chi connectivity index (χ1) is 20.9. The van der Waals surface area contributed by atoms with E-state index in [0.29, 0.717) is 29.0 Å². The van der Waals surface area contributed by atoms with Crippen LogP contribution in [0, 0.1) is 46.3 Å². The fourth-order valence-electron chi connectivity index (χ4n) is 10.3. The molecule has 8 nitrogen and oxygen atoms in total. The van der Waals surface area contributed by atoms with Crippen molar-refractivity contribution in [2.75, 3.05) is 6.61 Å². The fourth-order valence-corrected chi connectivity index (χ4v) is 10.3. The van der Waals surface area contributed by atoms with Crippen molar-refractivity contribution in [1.82, 2.24) is 15.0 Å². The molecule has 0 amide bonds. The van der Waals surface area contributed by atoms with Crippen LogP contribution in [-0.2, 0) is 16.1 Å². The summed E-state index contributed by atoms with van der Waals surface area (Å²) in [5, 5.41) is 38.4. The van der Waals surface area contributed by atoms with Gasteiger partial charge < -0.3 is 24.8 Å². The van der Waals surface area contributed by atoms with Crippen LogP contribution in [0.1, 0.15) is 124 Å². The van der Waals surface area contributed by atoms with Crippen LogP contribution in [0.3, 0.4) is 0 Å². The van der Waals surface area contributed by atoms with Gasteiger partial charge in [0.25, 0.3) is 0 Å². The van der Waals surface area contributed by atoms with Crippen LogP contribution in [-0.4, -0.2) is 61.3 Å². The van der Waals surface area contributed by atoms with Gasteiger partial charge in [0.05, 0.1) is 25.5 Å². The van der Waals surface area contributed by atoms with Gasteiger partial charge in [0.1, 0.15) is 24.0 Å². The number of rotatable bonds is 9. The van der Waals surface area contributed by atoms with Crippen molar-refractivity contribution >= 4 is 0 Å². The average Bonchev–Trinajstić information content (AvgIpc) is 3.61. The average molecular weight is 614 g/mol. The summed E-state index contributed by atoms with van der Waals surface area (Å²) in [5.41, 5.74) is 5.24. The molecule has 1 aromatic heterocycles. The molecule has 0 spiro atoms. The van der Waals surface area contributed by atoms with Gasteiger partial charge in [0.2, 0.25) is 0 Å². The van der Waals surface area contributed by atoms with Gasteiger partial charge in [-0.1, -0.05) is 70.7 Å². The Kier molecular flexibility index (Phi) is 9.42. The van der Waals surface area contributed by atoms with E-state index in [4.69, 9.17) is 9.47 Å². The van der Waals surface area contributed by atoms with E-state index in [1.807, 2.05) is 11.1 Å². The second-order valence-electron chi connectivity index (χ2n) is 16.3.